The van der Waals surface area contributed by atoms with Crippen molar-refractivity contribution in [2.24, 2.45) is 0 Å². The van der Waals surface area contributed by atoms with Crippen LogP contribution in [0.15, 0.2) is 40.9 Å². The van der Waals surface area contributed by atoms with Crippen LogP contribution in [0.1, 0.15) is 16.8 Å². The first kappa shape index (κ1) is 19.0. The zero-order valence-electron chi connectivity index (χ0n) is 13.8. The van der Waals surface area contributed by atoms with Gasteiger partial charge >= 0.3 is 0 Å². The van der Waals surface area contributed by atoms with E-state index in [0.29, 0.717) is 40.7 Å². The topological polar surface area (TPSA) is 75.7 Å². The SMILES string of the molecule is COc1ccc(N2CCCS2(=O)=O)cc1NC(=O)c1cc(Br)ccc1Cl. The third-order valence-electron chi connectivity index (χ3n) is 3.99. The molecule has 0 spiro atoms. The maximum absolute atomic E-state index is 12.6. The van der Waals surface area contributed by atoms with Crippen molar-refractivity contribution >= 4 is 54.8 Å². The summed E-state index contributed by atoms with van der Waals surface area (Å²) >= 11 is 9.41. The Balaban J connectivity index is 1.95. The lowest BCUT2D eigenvalue weighted by atomic mass is 10.2. The Labute approximate surface area is 165 Å². The van der Waals surface area contributed by atoms with Crippen LogP contribution < -0.4 is 14.4 Å². The molecule has 2 aromatic carbocycles. The summed E-state index contributed by atoms with van der Waals surface area (Å²) in [4.78, 5) is 12.6. The van der Waals surface area contributed by atoms with Crippen LogP contribution in [0.25, 0.3) is 0 Å². The van der Waals surface area contributed by atoms with E-state index in [4.69, 9.17) is 16.3 Å². The molecule has 1 heterocycles. The predicted octanol–water partition coefficient (Wildman–Crippen LogP) is 3.90. The first-order chi connectivity index (χ1) is 12.3. The molecule has 0 bridgehead atoms. The highest BCUT2D eigenvalue weighted by Crippen LogP contribution is 2.33. The molecule has 0 atom stereocenters. The van der Waals surface area contributed by atoms with Gasteiger partial charge in [0.15, 0.2) is 0 Å². The Hall–Kier alpha value is -1.77. The Morgan fingerprint density at radius 3 is 2.69 bits per heavy atom. The van der Waals surface area contributed by atoms with Crippen molar-refractivity contribution in [1.29, 1.82) is 0 Å². The summed E-state index contributed by atoms with van der Waals surface area (Å²) in [5.74, 6) is 0.120. The Morgan fingerprint density at radius 2 is 2.04 bits per heavy atom. The van der Waals surface area contributed by atoms with E-state index >= 15 is 0 Å². The second-order valence-electron chi connectivity index (χ2n) is 5.70. The number of nitrogens with zero attached hydrogens (tertiary/aromatic N) is 1. The van der Waals surface area contributed by atoms with Gasteiger partial charge in [-0.2, -0.15) is 0 Å². The van der Waals surface area contributed by atoms with E-state index < -0.39 is 15.9 Å². The van der Waals surface area contributed by atoms with Gasteiger partial charge in [-0.1, -0.05) is 27.5 Å². The number of sulfonamides is 1. The Morgan fingerprint density at radius 1 is 1.27 bits per heavy atom. The summed E-state index contributed by atoms with van der Waals surface area (Å²) in [7, 11) is -1.84. The van der Waals surface area contributed by atoms with E-state index in [1.165, 1.54) is 11.4 Å². The highest BCUT2D eigenvalue weighted by Gasteiger charge is 2.29. The molecule has 2 aromatic rings. The molecule has 3 rings (SSSR count). The lowest BCUT2D eigenvalue weighted by Gasteiger charge is -2.19. The zero-order chi connectivity index (χ0) is 18.9. The Bertz CT molecular complexity index is 965. The van der Waals surface area contributed by atoms with Gasteiger partial charge in [0.1, 0.15) is 5.75 Å². The minimum absolute atomic E-state index is 0.119. The number of methoxy groups -OCH3 is 1. The van der Waals surface area contributed by atoms with Gasteiger partial charge in [0.25, 0.3) is 5.91 Å². The molecule has 1 N–H and O–H groups in total. The van der Waals surface area contributed by atoms with Crippen molar-refractivity contribution in [3.8, 4) is 5.75 Å². The van der Waals surface area contributed by atoms with Crippen molar-refractivity contribution in [1.82, 2.24) is 0 Å². The molecule has 6 nitrogen and oxygen atoms in total. The molecule has 1 saturated heterocycles. The fraction of sp³-hybridized carbons (Fsp3) is 0.235. The van der Waals surface area contributed by atoms with Gasteiger partial charge in [-0.3, -0.25) is 9.10 Å². The van der Waals surface area contributed by atoms with Crippen molar-refractivity contribution in [2.45, 2.75) is 6.42 Å². The van der Waals surface area contributed by atoms with Gasteiger partial charge in [-0.05, 0) is 42.8 Å². The second-order valence-corrected chi connectivity index (χ2v) is 9.04. The number of halogens is 2. The van der Waals surface area contributed by atoms with Gasteiger partial charge in [-0.15, -0.1) is 0 Å². The maximum atomic E-state index is 12.6. The second kappa shape index (κ2) is 7.46. The summed E-state index contributed by atoms with van der Waals surface area (Å²) in [5, 5.41) is 3.05. The number of nitrogens with one attached hydrogen (secondary N) is 1. The van der Waals surface area contributed by atoms with Gasteiger partial charge in [-0.25, -0.2) is 8.42 Å². The van der Waals surface area contributed by atoms with E-state index in [1.54, 1.807) is 36.4 Å². The van der Waals surface area contributed by atoms with Crippen LogP contribution in [0.3, 0.4) is 0 Å². The first-order valence-corrected chi connectivity index (χ1v) is 10.5. The number of benzene rings is 2. The molecule has 138 valence electrons. The summed E-state index contributed by atoms with van der Waals surface area (Å²) in [6.07, 6.45) is 0.573. The summed E-state index contributed by atoms with van der Waals surface area (Å²) in [6, 6.07) is 9.83. The maximum Gasteiger partial charge on any atom is 0.257 e. The van der Waals surface area contributed by atoms with Crippen molar-refractivity contribution in [2.75, 3.05) is 29.0 Å². The van der Waals surface area contributed by atoms with Crippen LogP contribution in [0, 0.1) is 0 Å². The molecule has 0 radical (unpaired) electrons. The summed E-state index contributed by atoms with van der Waals surface area (Å²) in [6.45, 7) is 0.416. The average molecular weight is 460 g/mol. The minimum atomic E-state index is -3.32. The molecule has 26 heavy (non-hydrogen) atoms. The molecule has 1 aliphatic heterocycles. The zero-order valence-corrected chi connectivity index (χ0v) is 17.0. The Kier molecular flexibility index (Phi) is 5.45. The number of carbonyl (C=O) groups is 1. The van der Waals surface area contributed by atoms with E-state index in [1.807, 2.05) is 0 Å². The molecular formula is C17H16BrClN2O4S. The van der Waals surface area contributed by atoms with Crippen LogP contribution in [-0.4, -0.2) is 33.7 Å². The molecular weight excluding hydrogens is 444 g/mol. The number of hydrogen-bond donors (Lipinski definition) is 1. The minimum Gasteiger partial charge on any atom is -0.495 e. The summed E-state index contributed by atoms with van der Waals surface area (Å²) in [5.41, 5.74) is 1.15. The van der Waals surface area contributed by atoms with Gasteiger partial charge in [0.05, 0.1) is 34.8 Å². The smallest absolute Gasteiger partial charge is 0.257 e. The van der Waals surface area contributed by atoms with Crippen LogP contribution in [-0.2, 0) is 10.0 Å². The molecule has 0 unspecified atom stereocenters. The normalized spacial score (nSPS) is 15.7. The lowest BCUT2D eigenvalue weighted by molar-refractivity contribution is 0.102. The standard InChI is InChI=1S/C17H16BrClN2O4S/c1-25-16-6-4-12(21-7-2-8-26(21,23)24)10-15(16)20-17(22)13-9-11(18)3-5-14(13)19/h3-6,9-10H,2,7-8H2,1H3,(H,20,22). The summed E-state index contributed by atoms with van der Waals surface area (Å²) < 4.78 is 31.6. The van der Waals surface area contributed by atoms with Crippen molar-refractivity contribution < 1.29 is 17.9 Å². The molecule has 9 heteroatoms. The number of rotatable bonds is 4. The van der Waals surface area contributed by atoms with Crippen molar-refractivity contribution in [3.05, 3.63) is 51.5 Å². The average Bonchev–Trinajstić information content (AvgIpc) is 2.96. The molecule has 0 aliphatic carbocycles. The van der Waals surface area contributed by atoms with Gasteiger partial charge < -0.3 is 10.1 Å². The third-order valence-corrected chi connectivity index (χ3v) is 6.68. The molecule has 0 aromatic heterocycles. The van der Waals surface area contributed by atoms with Crippen LogP contribution in [0.2, 0.25) is 5.02 Å². The van der Waals surface area contributed by atoms with E-state index in [-0.39, 0.29) is 5.75 Å². The van der Waals surface area contributed by atoms with Crippen LogP contribution >= 0.6 is 27.5 Å². The molecule has 1 fully saturated rings. The first-order valence-electron chi connectivity index (χ1n) is 7.76. The predicted molar refractivity (Wildman–Crippen MR) is 106 cm³/mol. The molecule has 1 aliphatic rings. The van der Waals surface area contributed by atoms with Gasteiger partial charge in [0, 0.05) is 11.0 Å². The van der Waals surface area contributed by atoms with Crippen molar-refractivity contribution in [3.63, 3.8) is 0 Å². The molecule has 1 amide bonds. The third kappa shape index (κ3) is 3.82. The van der Waals surface area contributed by atoms with E-state index in [0.717, 1.165) is 4.47 Å². The van der Waals surface area contributed by atoms with E-state index in [2.05, 4.69) is 21.2 Å². The molecule has 0 saturated carbocycles. The largest absolute Gasteiger partial charge is 0.495 e. The number of anilines is 2. The number of amides is 1. The fourth-order valence-corrected chi connectivity index (χ4v) is 4.86. The number of hydrogen-bond acceptors (Lipinski definition) is 4. The van der Waals surface area contributed by atoms with E-state index in [9.17, 15) is 13.2 Å². The van der Waals surface area contributed by atoms with Crippen LogP contribution in [0.4, 0.5) is 11.4 Å². The highest BCUT2D eigenvalue weighted by molar-refractivity contribution is 9.10. The van der Waals surface area contributed by atoms with Crippen LogP contribution in [0.5, 0.6) is 5.75 Å². The van der Waals surface area contributed by atoms with Gasteiger partial charge in [0.2, 0.25) is 10.0 Å². The fourth-order valence-electron chi connectivity index (χ4n) is 2.74. The number of ether oxygens (including phenoxy) is 1. The monoisotopic (exact) mass is 458 g/mol. The quantitative estimate of drug-likeness (QED) is 0.752. The lowest BCUT2D eigenvalue weighted by Crippen LogP contribution is -2.25. The highest BCUT2D eigenvalue weighted by atomic mass is 79.9. The number of carbonyl (C=O) groups excluding carboxylic acids is 1.